The Hall–Kier alpha value is -2.20. The molecule has 3 aliphatic carbocycles. The first-order chi connectivity index (χ1) is 13.9. The van der Waals surface area contributed by atoms with Crippen molar-refractivity contribution >= 4 is 28.8 Å². The van der Waals surface area contributed by atoms with E-state index in [9.17, 15) is 13.6 Å². The molecule has 2 saturated carbocycles. The highest BCUT2D eigenvalue weighted by atomic mass is 32.2. The van der Waals surface area contributed by atoms with Crippen LogP contribution in [-0.4, -0.2) is 23.8 Å². The molecule has 1 aromatic rings. The van der Waals surface area contributed by atoms with Crippen LogP contribution in [-0.2, 0) is 23.7 Å². The summed E-state index contributed by atoms with van der Waals surface area (Å²) in [4.78, 5) is 20.5. The number of nitrogens with zero attached hydrogens (tertiary/aromatic N) is 3. The molecule has 0 aromatic carbocycles. The van der Waals surface area contributed by atoms with Gasteiger partial charge in [-0.1, -0.05) is 0 Å². The van der Waals surface area contributed by atoms with Crippen molar-refractivity contribution in [2.24, 2.45) is 20.2 Å². The molecule has 0 saturated heterocycles. The maximum Gasteiger partial charge on any atom is 0.352 e. The van der Waals surface area contributed by atoms with E-state index in [1.165, 1.54) is 5.56 Å². The third-order valence-corrected chi connectivity index (χ3v) is 6.31. The molecule has 29 heavy (non-hydrogen) atoms. The quantitative estimate of drug-likeness (QED) is 0.479. The fourth-order valence-electron chi connectivity index (χ4n) is 3.74. The van der Waals surface area contributed by atoms with Gasteiger partial charge in [0.15, 0.2) is 0 Å². The zero-order valence-electron chi connectivity index (χ0n) is 15.9. The Kier molecular flexibility index (Phi) is 5.73. The van der Waals surface area contributed by atoms with Crippen LogP contribution >= 0.6 is 0 Å². The number of halogens is 2. The lowest BCUT2D eigenvalue weighted by Crippen LogP contribution is -2.19. The van der Waals surface area contributed by atoms with Gasteiger partial charge in [-0.05, 0) is 62.5 Å². The highest BCUT2D eigenvalue weighted by molar-refractivity contribution is 7.89. The van der Waals surface area contributed by atoms with E-state index >= 15 is 0 Å². The van der Waals surface area contributed by atoms with Gasteiger partial charge < -0.3 is 11.1 Å². The summed E-state index contributed by atoms with van der Waals surface area (Å²) in [6, 6.07) is -0.582. The number of amides is 2. The van der Waals surface area contributed by atoms with Crippen LogP contribution in [0.5, 0.6) is 0 Å². The summed E-state index contributed by atoms with van der Waals surface area (Å²) in [5.74, 6) is 0.951. The molecule has 1 aromatic heterocycles. The molecular formula is C19H24F2N6OS. The highest BCUT2D eigenvalue weighted by Crippen LogP contribution is 2.52. The molecule has 10 heteroatoms. The summed E-state index contributed by atoms with van der Waals surface area (Å²) >= 11 is 0. The predicted molar refractivity (Wildman–Crippen MR) is 110 cm³/mol. The van der Waals surface area contributed by atoms with E-state index in [1.807, 2.05) is 0 Å². The van der Waals surface area contributed by atoms with Gasteiger partial charge in [0.05, 0.1) is 10.7 Å². The molecule has 1 heterocycles. The van der Waals surface area contributed by atoms with Crippen LogP contribution < -0.4 is 16.2 Å². The van der Waals surface area contributed by atoms with Crippen molar-refractivity contribution in [1.29, 1.82) is 0 Å². The zero-order valence-corrected chi connectivity index (χ0v) is 16.7. The average Bonchev–Trinajstić information content (AvgIpc) is 3.58. The minimum absolute atomic E-state index is 0.00518. The number of nitrogens with one attached hydrogen (secondary N) is 1. The first-order valence-electron chi connectivity index (χ1n) is 9.78. The van der Waals surface area contributed by atoms with Gasteiger partial charge in [-0.3, -0.25) is 10.1 Å². The van der Waals surface area contributed by atoms with Crippen molar-refractivity contribution in [3.8, 4) is 0 Å². The van der Waals surface area contributed by atoms with Gasteiger partial charge in [0, 0.05) is 40.0 Å². The fraction of sp³-hybridized carbons (Fsp3) is 0.526. The Labute approximate surface area is 170 Å². The van der Waals surface area contributed by atoms with E-state index in [0.29, 0.717) is 11.8 Å². The molecule has 2 fully saturated rings. The molecule has 0 radical (unpaired) electrons. The number of nitrogens with two attached hydrogens (primary N) is 2. The monoisotopic (exact) mass is 422 g/mol. The van der Waals surface area contributed by atoms with E-state index in [1.54, 1.807) is 0 Å². The number of pyridine rings is 1. The predicted octanol–water partition coefficient (Wildman–Crippen LogP) is 3.63. The lowest BCUT2D eigenvalue weighted by Gasteiger charge is -2.18. The van der Waals surface area contributed by atoms with Crippen LogP contribution in [0, 0.1) is 0 Å². The van der Waals surface area contributed by atoms with Gasteiger partial charge in [-0.2, -0.15) is 13.1 Å². The summed E-state index contributed by atoms with van der Waals surface area (Å²) in [6.45, 7) is -2.82. The van der Waals surface area contributed by atoms with Gasteiger partial charge in [0.2, 0.25) is 0 Å². The largest absolute Gasteiger partial charge is 0.392 e. The molecule has 0 bridgehead atoms. The van der Waals surface area contributed by atoms with E-state index in [0.717, 1.165) is 79.9 Å². The molecule has 1 unspecified atom stereocenters. The first-order valence-corrected chi connectivity index (χ1v) is 11.0. The van der Waals surface area contributed by atoms with Crippen LogP contribution in [0.2, 0.25) is 0 Å². The van der Waals surface area contributed by atoms with E-state index in [-0.39, 0.29) is 5.03 Å². The van der Waals surface area contributed by atoms with Gasteiger partial charge in [0.1, 0.15) is 0 Å². The second-order valence-corrected chi connectivity index (χ2v) is 8.88. The van der Waals surface area contributed by atoms with Crippen molar-refractivity contribution in [3.63, 3.8) is 0 Å². The van der Waals surface area contributed by atoms with Crippen LogP contribution in [0.1, 0.15) is 66.5 Å². The van der Waals surface area contributed by atoms with Gasteiger partial charge >= 0.3 is 12.6 Å². The van der Waals surface area contributed by atoms with Crippen molar-refractivity contribution in [2.45, 2.75) is 63.3 Å². The topological polar surface area (TPSA) is 119 Å². The first kappa shape index (κ1) is 20.1. The highest BCUT2D eigenvalue weighted by Gasteiger charge is 2.38. The molecule has 0 aliphatic heterocycles. The van der Waals surface area contributed by atoms with Gasteiger partial charge in [-0.25, -0.2) is 9.79 Å². The molecule has 156 valence electrons. The van der Waals surface area contributed by atoms with Crippen molar-refractivity contribution in [1.82, 2.24) is 4.98 Å². The maximum atomic E-state index is 12.6. The third-order valence-electron chi connectivity index (χ3n) is 5.33. The van der Waals surface area contributed by atoms with E-state index < -0.39 is 23.5 Å². The number of hydrogen-bond acceptors (Lipinski definition) is 4. The van der Waals surface area contributed by atoms with Crippen LogP contribution in [0.15, 0.2) is 20.5 Å². The third kappa shape index (κ3) is 4.69. The summed E-state index contributed by atoms with van der Waals surface area (Å²) in [6.07, 6.45) is 9.37. The Morgan fingerprint density at radius 3 is 2.62 bits per heavy atom. The lowest BCUT2D eigenvalue weighted by molar-refractivity contribution is 0.161. The second kappa shape index (κ2) is 8.27. The normalized spacial score (nSPS) is 20.5. The Bertz CT molecular complexity index is 922. The molecular weight excluding hydrogens is 398 g/mol. The Balaban J connectivity index is 1.60. The number of alkyl halides is 2. The number of aromatic nitrogens is 1. The van der Waals surface area contributed by atoms with E-state index in [2.05, 4.69) is 14.7 Å². The number of rotatable bonds is 6. The molecule has 0 spiro atoms. The summed E-state index contributed by atoms with van der Waals surface area (Å²) in [7, 11) is -1.43. The number of aryl methyl sites for hydroxylation is 1. The standard InChI is InChI=1S/C19H24F2N6OS/c20-18(21)24-9-8-14(22)29(23)27-19(28)26-17-12-2-1-3-13(12)25-16(11-6-7-11)15(17)10-4-5-10/h8-11,18H,1-7,22H2,(H3,23,25,26,27,28). The smallest absolute Gasteiger partial charge is 0.352 e. The number of fused-ring (bicyclic) bond motifs is 1. The Morgan fingerprint density at radius 1 is 1.24 bits per heavy atom. The molecule has 7 nitrogen and oxygen atoms in total. The molecule has 4 rings (SSSR count). The summed E-state index contributed by atoms with van der Waals surface area (Å²) < 4.78 is 28.0. The fourth-order valence-corrected chi connectivity index (χ4v) is 4.27. The van der Waals surface area contributed by atoms with Gasteiger partial charge in [-0.15, -0.1) is 0 Å². The van der Waals surface area contributed by atoms with Crippen LogP contribution in [0.25, 0.3) is 0 Å². The van der Waals surface area contributed by atoms with Crippen molar-refractivity contribution in [2.75, 3.05) is 5.32 Å². The van der Waals surface area contributed by atoms with Crippen molar-refractivity contribution < 1.29 is 13.6 Å². The zero-order chi connectivity index (χ0) is 20.5. The van der Waals surface area contributed by atoms with Crippen LogP contribution in [0.4, 0.5) is 19.3 Å². The number of urea groups is 1. The van der Waals surface area contributed by atoms with Crippen molar-refractivity contribution in [3.05, 3.63) is 33.6 Å². The van der Waals surface area contributed by atoms with Gasteiger partial charge in [0.25, 0.3) is 0 Å². The lowest BCUT2D eigenvalue weighted by atomic mass is 9.98. The second-order valence-electron chi connectivity index (χ2n) is 7.59. The minimum Gasteiger partial charge on any atom is -0.392 e. The van der Waals surface area contributed by atoms with Crippen LogP contribution in [0.3, 0.4) is 0 Å². The SMILES string of the molecule is NC(=CC=NC(F)F)S(N)=NC(=O)Nc1c2c(nc(C3CC3)c1C1CC1)CCC2. The molecule has 2 amide bonds. The average molecular weight is 423 g/mol. The summed E-state index contributed by atoms with van der Waals surface area (Å²) in [5.41, 5.74) is 11.1. The number of allylic oxidation sites excluding steroid dienone is 1. The minimum atomic E-state index is -2.82. The number of hydrogen-bond donors (Lipinski definition) is 3. The van der Waals surface area contributed by atoms with E-state index in [4.69, 9.17) is 15.9 Å². The molecule has 5 N–H and O–H groups in total. The number of carbonyl (C=O) groups excluding carboxylic acids is 1. The molecule has 3 aliphatic rings. The maximum absolute atomic E-state index is 12.6. The summed E-state index contributed by atoms with van der Waals surface area (Å²) in [5, 5.41) is 8.81. The number of aliphatic imine (C=N–C) groups is 1. The molecule has 1 atom stereocenters. The number of carbonyl (C=O) groups is 1. The Morgan fingerprint density at radius 2 is 1.97 bits per heavy atom. The number of anilines is 1.